The first-order chi connectivity index (χ1) is 10.3. The van der Waals surface area contributed by atoms with Gasteiger partial charge in [0.25, 0.3) is 0 Å². The lowest BCUT2D eigenvalue weighted by atomic mass is 9.91. The highest BCUT2D eigenvalue weighted by molar-refractivity contribution is 6.29. The summed E-state index contributed by atoms with van der Waals surface area (Å²) in [5, 5.41) is 6.83. The molecule has 0 spiro atoms. The zero-order valence-corrected chi connectivity index (χ0v) is 14.1. The molecule has 0 atom stereocenters. The van der Waals surface area contributed by atoms with Gasteiger partial charge in [0.15, 0.2) is 0 Å². The topological polar surface area (TPSA) is 63.2 Å². The Hall–Kier alpha value is -1.49. The van der Waals surface area contributed by atoms with Crippen LogP contribution < -0.4 is 10.6 Å². The van der Waals surface area contributed by atoms with E-state index in [4.69, 9.17) is 16.3 Å². The van der Waals surface area contributed by atoms with Crippen LogP contribution in [0.25, 0.3) is 0 Å². The van der Waals surface area contributed by atoms with Gasteiger partial charge in [-0.25, -0.2) is 9.78 Å². The molecule has 1 aliphatic carbocycles. The van der Waals surface area contributed by atoms with Gasteiger partial charge in [-0.1, -0.05) is 17.7 Å². The monoisotopic (exact) mass is 325 g/mol. The quantitative estimate of drug-likeness (QED) is 0.825. The number of halogens is 1. The summed E-state index contributed by atoms with van der Waals surface area (Å²) in [6.45, 7) is 5.60. The maximum Gasteiger partial charge on any atom is 0.407 e. The number of carbonyl (C=O) groups excluding carboxylic acids is 1. The van der Waals surface area contributed by atoms with Crippen molar-refractivity contribution in [3.05, 3.63) is 23.4 Å². The van der Waals surface area contributed by atoms with Crippen LogP contribution in [0.1, 0.15) is 46.5 Å². The molecule has 0 saturated heterocycles. The average molecular weight is 326 g/mol. The Labute approximate surface area is 136 Å². The third kappa shape index (κ3) is 5.72. The van der Waals surface area contributed by atoms with Gasteiger partial charge in [0.1, 0.15) is 16.6 Å². The number of nitrogens with one attached hydrogen (secondary N) is 2. The van der Waals surface area contributed by atoms with Crippen molar-refractivity contribution in [3.8, 4) is 0 Å². The number of nitrogens with zero attached hydrogens (tertiary/aromatic N) is 1. The second-order valence-corrected chi connectivity index (χ2v) is 7.07. The summed E-state index contributed by atoms with van der Waals surface area (Å²) < 4.78 is 5.29. The average Bonchev–Trinajstić information content (AvgIpc) is 2.39. The number of amides is 1. The predicted molar refractivity (Wildman–Crippen MR) is 88.3 cm³/mol. The highest BCUT2D eigenvalue weighted by Gasteiger charge is 2.24. The molecule has 1 fully saturated rings. The zero-order chi connectivity index (χ0) is 16.2. The highest BCUT2D eigenvalue weighted by atomic mass is 35.5. The van der Waals surface area contributed by atoms with E-state index >= 15 is 0 Å². The first-order valence-electron chi connectivity index (χ1n) is 7.70. The zero-order valence-electron chi connectivity index (χ0n) is 13.4. The fraction of sp³-hybridized carbons (Fsp3) is 0.625. The van der Waals surface area contributed by atoms with Crippen LogP contribution in [0, 0.1) is 0 Å². The molecule has 0 bridgehead atoms. The standard InChI is InChI=1S/C16H24ClN3O2/c1-16(2,3)22-15(21)19-12-9-7-11(8-10-12)18-14-6-4-5-13(17)20-14/h4-6,11-12H,7-10H2,1-3H3,(H,18,20)(H,19,21). The van der Waals surface area contributed by atoms with Gasteiger partial charge in [-0.2, -0.15) is 0 Å². The Balaban J connectivity index is 1.75. The van der Waals surface area contributed by atoms with E-state index in [9.17, 15) is 4.79 Å². The van der Waals surface area contributed by atoms with Crippen molar-refractivity contribution in [1.82, 2.24) is 10.3 Å². The Bertz CT molecular complexity index is 508. The molecule has 6 heteroatoms. The molecule has 5 nitrogen and oxygen atoms in total. The second-order valence-electron chi connectivity index (χ2n) is 6.68. The molecule has 1 heterocycles. The van der Waals surface area contributed by atoms with Crippen LogP contribution in [0.4, 0.5) is 10.6 Å². The molecule has 2 rings (SSSR count). The number of rotatable bonds is 3. The molecule has 1 saturated carbocycles. The normalized spacial score (nSPS) is 22.0. The van der Waals surface area contributed by atoms with Crippen LogP contribution in [-0.4, -0.2) is 28.8 Å². The maximum absolute atomic E-state index is 11.8. The van der Waals surface area contributed by atoms with E-state index in [1.807, 2.05) is 32.9 Å². The van der Waals surface area contributed by atoms with Crippen LogP contribution >= 0.6 is 11.6 Å². The Morgan fingerprint density at radius 3 is 2.45 bits per heavy atom. The molecule has 0 aliphatic heterocycles. The van der Waals surface area contributed by atoms with Crippen LogP contribution in [0.5, 0.6) is 0 Å². The number of aromatic nitrogens is 1. The van der Waals surface area contributed by atoms with Gasteiger partial charge in [0, 0.05) is 12.1 Å². The third-order valence-electron chi connectivity index (χ3n) is 3.52. The minimum Gasteiger partial charge on any atom is -0.444 e. The molecule has 0 radical (unpaired) electrons. The molecular formula is C16H24ClN3O2. The number of anilines is 1. The minimum absolute atomic E-state index is 0.181. The molecule has 2 N–H and O–H groups in total. The van der Waals surface area contributed by atoms with Crippen molar-refractivity contribution < 1.29 is 9.53 Å². The van der Waals surface area contributed by atoms with Crippen molar-refractivity contribution in [1.29, 1.82) is 0 Å². The lowest BCUT2D eigenvalue weighted by Gasteiger charge is -2.30. The molecule has 0 unspecified atom stereocenters. The van der Waals surface area contributed by atoms with Crippen LogP contribution in [0.3, 0.4) is 0 Å². The van der Waals surface area contributed by atoms with Crippen molar-refractivity contribution >= 4 is 23.5 Å². The molecule has 1 aromatic rings. The van der Waals surface area contributed by atoms with Gasteiger partial charge in [-0.05, 0) is 58.6 Å². The summed E-state index contributed by atoms with van der Waals surface area (Å²) in [4.78, 5) is 16.0. The fourth-order valence-electron chi connectivity index (χ4n) is 2.55. The Morgan fingerprint density at radius 1 is 1.23 bits per heavy atom. The predicted octanol–water partition coefficient (Wildman–Crippen LogP) is 3.98. The summed E-state index contributed by atoms with van der Waals surface area (Å²) in [7, 11) is 0. The Kier molecular flexibility index (Phi) is 5.51. The van der Waals surface area contributed by atoms with Crippen LogP contribution in [0.2, 0.25) is 5.15 Å². The summed E-state index contributed by atoms with van der Waals surface area (Å²) in [6.07, 6.45) is 3.48. The third-order valence-corrected chi connectivity index (χ3v) is 3.73. The molecule has 22 heavy (non-hydrogen) atoms. The van der Waals surface area contributed by atoms with Gasteiger partial charge in [-0.15, -0.1) is 0 Å². The Morgan fingerprint density at radius 2 is 1.86 bits per heavy atom. The summed E-state index contributed by atoms with van der Waals surface area (Å²) >= 11 is 5.88. The highest BCUT2D eigenvalue weighted by Crippen LogP contribution is 2.22. The van der Waals surface area contributed by atoms with Crippen LogP contribution in [-0.2, 0) is 4.74 Å². The summed E-state index contributed by atoms with van der Waals surface area (Å²) in [5.74, 6) is 0.802. The van der Waals surface area contributed by atoms with Gasteiger partial charge in [0.2, 0.25) is 0 Å². The van der Waals surface area contributed by atoms with E-state index in [0.29, 0.717) is 11.2 Å². The first-order valence-corrected chi connectivity index (χ1v) is 8.08. The summed E-state index contributed by atoms with van der Waals surface area (Å²) in [5.41, 5.74) is -0.457. The van der Waals surface area contributed by atoms with Gasteiger partial charge in [0.05, 0.1) is 0 Å². The molecular weight excluding hydrogens is 302 g/mol. The SMILES string of the molecule is CC(C)(C)OC(=O)NC1CCC(Nc2cccc(Cl)n2)CC1. The van der Waals surface area contributed by atoms with Crippen molar-refractivity contribution in [2.45, 2.75) is 64.1 Å². The molecule has 0 aromatic carbocycles. The van der Waals surface area contributed by atoms with E-state index < -0.39 is 5.60 Å². The number of alkyl carbamates (subject to hydrolysis) is 1. The lowest BCUT2D eigenvalue weighted by Crippen LogP contribution is -2.42. The second kappa shape index (κ2) is 7.18. The van der Waals surface area contributed by atoms with Gasteiger partial charge >= 0.3 is 6.09 Å². The number of hydrogen-bond acceptors (Lipinski definition) is 4. The molecule has 1 amide bonds. The van der Waals surface area contributed by atoms with E-state index in [0.717, 1.165) is 31.5 Å². The molecule has 122 valence electrons. The van der Waals surface area contributed by atoms with Gasteiger partial charge in [-0.3, -0.25) is 0 Å². The van der Waals surface area contributed by atoms with E-state index in [1.165, 1.54) is 0 Å². The van der Waals surface area contributed by atoms with E-state index in [1.54, 1.807) is 6.07 Å². The largest absolute Gasteiger partial charge is 0.444 e. The number of carbonyl (C=O) groups is 1. The first kappa shape index (κ1) is 16.9. The van der Waals surface area contributed by atoms with Crippen molar-refractivity contribution in [2.24, 2.45) is 0 Å². The van der Waals surface area contributed by atoms with Crippen molar-refractivity contribution in [3.63, 3.8) is 0 Å². The van der Waals surface area contributed by atoms with Crippen LogP contribution in [0.15, 0.2) is 18.2 Å². The van der Waals surface area contributed by atoms with E-state index in [-0.39, 0.29) is 12.1 Å². The lowest BCUT2D eigenvalue weighted by molar-refractivity contribution is 0.0492. The maximum atomic E-state index is 11.8. The van der Waals surface area contributed by atoms with E-state index in [2.05, 4.69) is 15.6 Å². The fourth-order valence-corrected chi connectivity index (χ4v) is 2.72. The summed E-state index contributed by atoms with van der Waals surface area (Å²) in [6, 6.07) is 6.10. The number of ether oxygens (including phenoxy) is 1. The number of pyridine rings is 1. The molecule has 1 aromatic heterocycles. The number of hydrogen-bond donors (Lipinski definition) is 2. The van der Waals surface area contributed by atoms with Gasteiger partial charge < -0.3 is 15.4 Å². The smallest absolute Gasteiger partial charge is 0.407 e. The minimum atomic E-state index is -0.457. The van der Waals surface area contributed by atoms with Crippen molar-refractivity contribution in [2.75, 3.05) is 5.32 Å². The molecule has 1 aliphatic rings.